The molecule has 0 amide bonds. The van der Waals surface area contributed by atoms with Crippen molar-refractivity contribution in [3.8, 4) is 0 Å². The standard InChI is InChI=1S/C18H26O/c19-18(16-8-4-5-9-16)17-12-10-15(11-13-17)14-6-2-1-3-7-14/h10-14,16,18-19H,1-9H2. The monoisotopic (exact) mass is 258 g/mol. The van der Waals surface area contributed by atoms with Gasteiger partial charge >= 0.3 is 0 Å². The fourth-order valence-electron chi connectivity index (χ4n) is 3.95. The first-order valence-electron chi connectivity index (χ1n) is 8.12. The van der Waals surface area contributed by atoms with Crippen LogP contribution in [0.15, 0.2) is 24.3 Å². The van der Waals surface area contributed by atoms with Gasteiger partial charge in [-0.05, 0) is 48.6 Å². The largest absolute Gasteiger partial charge is 0.388 e. The van der Waals surface area contributed by atoms with Gasteiger partial charge in [0.1, 0.15) is 0 Å². The molecule has 1 aromatic carbocycles. The zero-order valence-electron chi connectivity index (χ0n) is 11.9. The zero-order valence-corrected chi connectivity index (χ0v) is 11.9. The highest BCUT2D eigenvalue weighted by atomic mass is 16.3. The van der Waals surface area contributed by atoms with Crippen molar-refractivity contribution in [2.75, 3.05) is 0 Å². The van der Waals surface area contributed by atoms with Crippen molar-refractivity contribution in [2.24, 2.45) is 5.92 Å². The fraction of sp³-hybridized carbons (Fsp3) is 0.667. The molecule has 0 radical (unpaired) electrons. The first-order valence-corrected chi connectivity index (χ1v) is 8.12. The number of aliphatic hydroxyl groups is 1. The molecule has 3 rings (SSSR count). The van der Waals surface area contributed by atoms with Crippen LogP contribution in [0.2, 0.25) is 0 Å². The average Bonchev–Trinajstić information content (AvgIpc) is 3.02. The molecule has 0 aliphatic heterocycles. The molecule has 1 heteroatoms. The van der Waals surface area contributed by atoms with Gasteiger partial charge in [0.25, 0.3) is 0 Å². The number of aliphatic hydroxyl groups excluding tert-OH is 1. The maximum Gasteiger partial charge on any atom is 0.0818 e. The molecule has 0 bridgehead atoms. The molecule has 2 fully saturated rings. The van der Waals surface area contributed by atoms with Crippen LogP contribution in [0.1, 0.15) is 80.9 Å². The molecule has 2 saturated carbocycles. The molecule has 0 heterocycles. The third-order valence-electron chi connectivity index (χ3n) is 5.20. The first-order chi connectivity index (χ1) is 9.34. The maximum atomic E-state index is 10.4. The van der Waals surface area contributed by atoms with Crippen LogP contribution >= 0.6 is 0 Å². The van der Waals surface area contributed by atoms with E-state index < -0.39 is 0 Å². The predicted molar refractivity (Wildman–Crippen MR) is 79.2 cm³/mol. The Morgan fingerprint density at radius 2 is 1.37 bits per heavy atom. The highest BCUT2D eigenvalue weighted by Gasteiger charge is 2.24. The predicted octanol–water partition coefficient (Wildman–Crippen LogP) is 4.96. The molecule has 0 aromatic heterocycles. The summed E-state index contributed by atoms with van der Waals surface area (Å²) in [6.07, 6.45) is 11.6. The molecule has 19 heavy (non-hydrogen) atoms. The Morgan fingerprint density at radius 3 is 2.00 bits per heavy atom. The van der Waals surface area contributed by atoms with Crippen molar-refractivity contribution in [2.45, 2.75) is 69.8 Å². The lowest BCUT2D eigenvalue weighted by atomic mass is 9.83. The SMILES string of the molecule is OC(c1ccc(C2CCCCC2)cc1)C1CCCC1. The van der Waals surface area contributed by atoms with Crippen molar-refractivity contribution in [3.05, 3.63) is 35.4 Å². The minimum absolute atomic E-state index is 0.233. The van der Waals surface area contributed by atoms with Crippen molar-refractivity contribution >= 4 is 0 Å². The summed E-state index contributed by atoms with van der Waals surface area (Å²) >= 11 is 0. The summed E-state index contributed by atoms with van der Waals surface area (Å²) in [6.45, 7) is 0. The van der Waals surface area contributed by atoms with E-state index in [0.717, 1.165) is 11.5 Å². The van der Waals surface area contributed by atoms with E-state index in [0.29, 0.717) is 5.92 Å². The Balaban J connectivity index is 1.67. The number of benzene rings is 1. The summed E-state index contributed by atoms with van der Waals surface area (Å²) in [5, 5.41) is 10.4. The van der Waals surface area contributed by atoms with Crippen LogP contribution in [-0.2, 0) is 0 Å². The van der Waals surface area contributed by atoms with E-state index >= 15 is 0 Å². The molecular weight excluding hydrogens is 232 g/mol. The Kier molecular flexibility index (Phi) is 4.22. The van der Waals surface area contributed by atoms with Crippen LogP contribution in [0, 0.1) is 5.92 Å². The number of hydrogen-bond acceptors (Lipinski definition) is 1. The molecule has 2 aliphatic rings. The Morgan fingerprint density at radius 1 is 0.789 bits per heavy atom. The van der Waals surface area contributed by atoms with Crippen molar-refractivity contribution in [1.82, 2.24) is 0 Å². The Hall–Kier alpha value is -0.820. The molecule has 1 aromatic rings. The summed E-state index contributed by atoms with van der Waals surface area (Å²) in [5.41, 5.74) is 2.62. The Labute approximate surface area is 117 Å². The van der Waals surface area contributed by atoms with Gasteiger partial charge in [-0.15, -0.1) is 0 Å². The van der Waals surface area contributed by atoms with E-state index in [4.69, 9.17) is 0 Å². The van der Waals surface area contributed by atoms with Crippen molar-refractivity contribution in [1.29, 1.82) is 0 Å². The van der Waals surface area contributed by atoms with Gasteiger partial charge in [-0.2, -0.15) is 0 Å². The van der Waals surface area contributed by atoms with Gasteiger partial charge in [0, 0.05) is 0 Å². The Bertz CT molecular complexity index is 383. The highest BCUT2D eigenvalue weighted by Crippen LogP contribution is 2.37. The molecule has 1 atom stereocenters. The van der Waals surface area contributed by atoms with Gasteiger partial charge in [-0.3, -0.25) is 0 Å². The lowest BCUT2D eigenvalue weighted by Gasteiger charge is -2.23. The zero-order chi connectivity index (χ0) is 13.1. The minimum atomic E-state index is -0.233. The van der Waals surface area contributed by atoms with Gasteiger partial charge in [-0.1, -0.05) is 56.4 Å². The second-order valence-electron chi connectivity index (χ2n) is 6.49. The topological polar surface area (TPSA) is 20.2 Å². The van der Waals surface area contributed by atoms with Crippen LogP contribution in [0.4, 0.5) is 0 Å². The van der Waals surface area contributed by atoms with E-state index in [2.05, 4.69) is 24.3 Å². The number of hydrogen-bond donors (Lipinski definition) is 1. The number of rotatable bonds is 3. The molecule has 1 unspecified atom stereocenters. The summed E-state index contributed by atoms with van der Waals surface area (Å²) in [6, 6.07) is 8.88. The van der Waals surface area contributed by atoms with Gasteiger partial charge in [0.05, 0.1) is 6.10 Å². The van der Waals surface area contributed by atoms with E-state index in [1.54, 1.807) is 0 Å². The smallest absolute Gasteiger partial charge is 0.0818 e. The molecule has 1 nitrogen and oxygen atoms in total. The molecule has 0 saturated heterocycles. The van der Waals surface area contributed by atoms with Gasteiger partial charge in [-0.25, -0.2) is 0 Å². The summed E-state index contributed by atoms with van der Waals surface area (Å²) in [5.74, 6) is 1.27. The second kappa shape index (κ2) is 6.09. The normalized spacial score (nSPS) is 23.6. The quantitative estimate of drug-likeness (QED) is 0.812. The lowest BCUT2D eigenvalue weighted by Crippen LogP contribution is -2.09. The van der Waals surface area contributed by atoms with E-state index in [1.165, 1.54) is 63.4 Å². The van der Waals surface area contributed by atoms with Crippen LogP contribution in [0.5, 0.6) is 0 Å². The van der Waals surface area contributed by atoms with Gasteiger partial charge in [0.15, 0.2) is 0 Å². The van der Waals surface area contributed by atoms with Crippen molar-refractivity contribution in [3.63, 3.8) is 0 Å². The molecular formula is C18H26O. The third-order valence-corrected chi connectivity index (χ3v) is 5.20. The van der Waals surface area contributed by atoms with E-state index in [1.807, 2.05) is 0 Å². The van der Waals surface area contributed by atoms with Crippen molar-refractivity contribution < 1.29 is 5.11 Å². The minimum Gasteiger partial charge on any atom is -0.388 e. The second-order valence-corrected chi connectivity index (χ2v) is 6.49. The highest BCUT2D eigenvalue weighted by molar-refractivity contribution is 5.27. The third kappa shape index (κ3) is 3.02. The molecule has 1 N–H and O–H groups in total. The maximum absolute atomic E-state index is 10.4. The summed E-state index contributed by atoms with van der Waals surface area (Å²) < 4.78 is 0. The van der Waals surface area contributed by atoms with E-state index in [-0.39, 0.29) is 6.10 Å². The fourth-order valence-corrected chi connectivity index (χ4v) is 3.95. The molecule has 104 valence electrons. The lowest BCUT2D eigenvalue weighted by molar-refractivity contribution is 0.111. The van der Waals surface area contributed by atoms with E-state index in [9.17, 15) is 5.11 Å². The first kappa shape index (κ1) is 13.2. The van der Waals surface area contributed by atoms with Crippen LogP contribution in [0.25, 0.3) is 0 Å². The van der Waals surface area contributed by atoms with Crippen LogP contribution in [0.3, 0.4) is 0 Å². The molecule has 2 aliphatic carbocycles. The average molecular weight is 258 g/mol. The van der Waals surface area contributed by atoms with Crippen LogP contribution in [-0.4, -0.2) is 5.11 Å². The van der Waals surface area contributed by atoms with Gasteiger partial charge < -0.3 is 5.11 Å². The van der Waals surface area contributed by atoms with Gasteiger partial charge in [0.2, 0.25) is 0 Å². The summed E-state index contributed by atoms with van der Waals surface area (Å²) in [4.78, 5) is 0. The van der Waals surface area contributed by atoms with Crippen LogP contribution < -0.4 is 0 Å². The summed E-state index contributed by atoms with van der Waals surface area (Å²) in [7, 11) is 0. The molecule has 0 spiro atoms.